The van der Waals surface area contributed by atoms with Crippen LogP contribution < -0.4 is 9.54 Å². The van der Waals surface area contributed by atoms with Crippen molar-refractivity contribution in [1.29, 1.82) is 0 Å². The Hall–Kier alpha value is -2.84. The lowest BCUT2D eigenvalue weighted by Crippen LogP contribution is -2.17. The normalized spacial score (nSPS) is 13.9. The highest BCUT2D eigenvalue weighted by Gasteiger charge is 2.15. The van der Waals surface area contributed by atoms with Crippen molar-refractivity contribution < 1.29 is 9.53 Å². The molecule has 4 nitrogen and oxygen atoms in total. The number of nitrogens with zero attached hydrogens (tertiary/aromatic N) is 2. The monoisotopic (exact) mass is 390 g/mol. The number of para-hydroxylation sites is 1. The lowest BCUT2D eigenvalue weighted by atomic mass is 9.90. The molecule has 0 aliphatic heterocycles. The maximum Gasteiger partial charge on any atom is 0.279 e. The summed E-state index contributed by atoms with van der Waals surface area (Å²) in [4.78, 5) is 17.9. The van der Waals surface area contributed by atoms with Gasteiger partial charge in [-0.3, -0.25) is 4.79 Å². The molecule has 0 atom stereocenters. The Morgan fingerprint density at radius 2 is 2.07 bits per heavy atom. The number of terminal acetylenes is 1. The van der Waals surface area contributed by atoms with Gasteiger partial charge in [-0.15, -0.1) is 6.42 Å². The highest BCUT2D eigenvalue weighted by atomic mass is 32.1. The van der Waals surface area contributed by atoms with E-state index in [0.29, 0.717) is 23.5 Å². The topological polar surface area (TPSA) is 43.6 Å². The number of carbonyl (C=O) groups is 1. The Labute approximate surface area is 168 Å². The Kier molecular flexibility index (Phi) is 5.31. The Balaban J connectivity index is 1.80. The summed E-state index contributed by atoms with van der Waals surface area (Å²) in [5.74, 6) is 3.19. The lowest BCUT2D eigenvalue weighted by molar-refractivity contribution is 0.0997. The van der Waals surface area contributed by atoms with Crippen molar-refractivity contribution in [2.75, 3.05) is 6.61 Å². The number of hydrogen-bond acceptors (Lipinski definition) is 3. The Morgan fingerprint density at radius 3 is 2.86 bits per heavy atom. The van der Waals surface area contributed by atoms with Crippen LogP contribution in [0.15, 0.2) is 41.4 Å². The molecule has 0 unspecified atom stereocenters. The van der Waals surface area contributed by atoms with Crippen LogP contribution in [0.3, 0.4) is 0 Å². The van der Waals surface area contributed by atoms with Crippen LogP contribution in [0, 0.1) is 12.3 Å². The van der Waals surface area contributed by atoms with Gasteiger partial charge in [0.05, 0.1) is 17.9 Å². The van der Waals surface area contributed by atoms with E-state index < -0.39 is 0 Å². The van der Waals surface area contributed by atoms with Crippen molar-refractivity contribution in [3.05, 3.63) is 57.9 Å². The molecule has 28 heavy (non-hydrogen) atoms. The molecule has 0 spiro atoms. The number of aryl methyl sites for hydroxylation is 2. The lowest BCUT2D eigenvalue weighted by Gasteiger charge is -2.15. The van der Waals surface area contributed by atoms with Gasteiger partial charge in [0.2, 0.25) is 0 Å². The second-order valence-electron chi connectivity index (χ2n) is 6.82. The number of carbonyl (C=O) groups excluding carboxylic acids is 1. The third-order valence-electron chi connectivity index (χ3n) is 5.01. The smallest absolute Gasteiger partial charge is 0.279 e. The standard InChI is InChI=1S/C23H22N2O2S/c1-3-14-25-21-19(27-4-2)10-7-11-20(21)28-23(25)24-22(26)18-13-12-16-8-5-6-9-17(16)15-18/h1,7,10-13,15H,4-6,8-9,14H2,2H3. The fraction of sp³-hybridized carbons (Fsp3) is 0.304. The van der Waals surface area contributed by atoms with Gasteiger partial charge in [0.15, 0.2) is 4.80 Å². The minimum atomic E-state index is -0.233. The number of benzene rings is 2. The summed E-state index contributed by atoms with van der Waals surface area (Å²) in [6.07, 6.45) is 10.1. The predicted molar refractivity (Wildman–Crippen MR) is 113 cm³/mol. The first-order chi connectivity index (χ1) is 13.7. The molecule has 4 rings (SSSR count). The average molecular weight is 391 g/mol. The molecular weight excluding hydrogens is 368 g/mol. The van der Waals surface area contributed by atoms with Crippen LogP contribution in [-0.4, -0.2) is 17.1 Å². The van der Waals surface area contributed by atoms with E-state index in [4.69, 9.17) is 11.2 Å². The number of aromatic nitrogens is 1. The van der Waals surface area contributed by atoms with Crippen molar-refractivity contribution in [2.24, 2.45) is 4.99 Å². The van der Waals surface area contributed by atoms with Crippen LogP contribution in [0.25, 0.3) is 10.2 Å². The van der Waals surface area contributed by atoms with Crippen molar-refractivity contribution in [3.63, 3.8) is 0 Å². The minimum Gasteiger partial charge on any atom is -0.492 e. The molecule has 0 radical (unpaired) electrons. The summed E-state index contributed by atoms with van der Waals surface area (Å²) in [6, 6.07) is 11.8. The molecule has 1 amide bonds. The summed E-state index contributed by atoms with van der Waals surface area (Å²) in [5.41, 5.74) is 4.16. The SMILES string of the molecule is C#CCn1c(=NC(=O)c2ccc3c(c2)CCCC3)sc2cccc(OCC)c21. The van der Waals surface area contributed by atoms with Crippen molar-refractivity contribution >= 4 is 27.5 Å². The average Bonchev–Trinajstić information content (AvgIpc) is 3.06. The number of thiazole rings is 1. The molecule has 5 heteroatoms. The number of hydrogen-bond donors (Lipinski definition) is 0. The summed E-state index contributed by atoms with van der Waals surface area (Å²) in [7, 11) is 0. The van der Waals surface area contributed by atoms with E-state index in [0.717, 1.165) is 28.8 Å². The van der Waals surface area contributed by atoms with Crippen molar-refractivity contribution in [2.45, 2.75) is 39.2 Å². The molecular formula is C23H22N2O2S. The van der Waals surface area contributed by atoms with Gasteiger partial charge in [0, 0.05) is 5.56 Å². The molecule has 1 aromatic heterocycles. The van der Waals surface area contributed by atoms with Gasteiger partial charge in [-0.25, -0.2) is 0 Å². The van der Waals surface area contributed by atoms with E-state index in [2.05, 4.69) is 17.0 Å². The van der Waals surface area contributed by atoms with Gasteiger partial charge in [0.25, 0.3) is 5.91 Å². The molecule has 1 aliphatic rings. The number of ether oxygens (including phenoxy) is 1. The summed E-state index contributed by atoms with van der Waals surface area (Å²) < 4.78 is 8.65. The number of amides is 1. The summed E-state index contributed by atoms with van der Waals surface area (Å²) >= 11 is 1.46. The van der Waals surface area contributed by atoms with Gasteiger partial charge in [0.1, 0.15) is 11.3 Å². The Bertz CT molecular complexity index is 1150. The first-order valence-corrected chi connectivity index (χ1v) is 10.4. The highest BCUT2D eigenvalue weighted by molar-refractivity contribution is 7.16. The third-order valence-corrected chi connectivity index (χ3v) is 6.05. The zero-order chi connectivity index (χ0) is 19.5. The molecule has 0 N–H and O–H groups in total. The molecule has 0 saturated heterocycles. The van der Waals surface area contributed by atoms with E-state index in [9.17, 15) is 4.79 Å². The number of rotatable bonds is 4. The molecule has 142 valence electrons. The van der Waals surface area contributed by atoms with Crippen molar-refractivity contribution in [3.8, 4) is 18.1 Å². The summed E-state index contributed by atoms with van der Waals surface area (Å²) in [5, 5.41) is 0. The van der Waals surface area contributed by atoms with Crippen LogP contribution in [0.4, 0.5) is 0 Å². The second kappa shape index (κ2) is 8.04. The van der Waals surface area contributed by atoms with E-state index in [-0.39, 0.29) is 5.91 Å². The molecule has 1 aliphatic carbocycles. The van der Waals surface area contributed by atoms with Crippen LogP contribution in [0.2, 0.25) is 0 Å². The highest BCUT2D eigenvalue weighted by Crippen LogP contribution is 2.28. The van der Waals surface area contributed by atoms with E-state index in [1.165, 1.54) is 35.3 Å². The molecule has 3 aromatic rings. The summed E-state index contributed by atoms with van der Waals surface area (Å²) in [6.45, 7) is 2.84. The van der Waals surface area contributed by atoms with Crippen molar-refractivity contribution in [1.82, 2.24) is 4.57 Å². The molecule has 0 saturated carbocycles. The largest absolute Gasteiger partial charge is 0.492 e. The van der Waals surface area contributed by atoms with Crippen LogP contribution in [0.5, 0.6) is 5.75 Å². The fourth-order valence-electron chi connectivity index (χ4n) is 3.71. The van der Waals surface area contributed by atoms with Gasteiger partial charge in [-0.2, -0.15) is 4.99 Å². The quantitative estimate of drug-likeness (QED) is 0.622. The van der Waals surface area contributed by atoms with Gasteiger partial charge < -0.3 is 9.30 Å². The first kappa shape index (κ1) is 18.5. The maximum absolute atomic E-state index is 12.9. The van der Waals surface area contributed by atoms with Gasteiger partial charge >= 0.3 is 0 Å². The molecule has 0 bridgehead atoms. The van der Waals surface area contributed by atoms with E-state index >= 15 is 0 Å². The molecule has 1 heterocycles. The van der Waals surface area contributed by atoms with Gasteiger partial charge in [-0.05, 0) is 68.0 Å². The molecule has 0 fully saturated rings. The van der Waals surface area contributed by atoms with Gasteiger partial charge in [-0.1, -0.05) is 29.4 Å². The van der Waals surface area contributed by atoms with Crippen LogP contribution in [0.1, 0.15) is 41.3 Å². The zero-order valence-corrected chi connectivity index (χ0v) is 16.7. The van der Waals surface area contributed by atoms with Crippen LogP contribution in [-0.2, 0) is 19.4 Å². The second-order valence-corrected chi connectivity index (χ2v) is 7.83. The van der Waals surface area contributed by atoms with E-state index in [1.54, 1.807) is 0 Å². The third kappa shape index (κ3) is 3.48. The number of fused-ring (bicyclic) bond motifs is 2. The zero-order valence-electron chi connectivity index (χ0n) is 15.9. The Morgan fingerprint density at radius 1 is 1.25 bits per heavy atom. The van der Waals surface area contributed by atoms with Crippen LogP contribution >= 0.6 is 11.3 Å². The fourth-order valence-corrected chi connectivity index (χ4v) is 4.76. The van der Waals surface area contributed by atoms with E-state index in [1.807, 2.05) is 41.8 Å². The predicted octanol–water partition coefficient (Wildman–Crippen LogP) is 4.35. The maximum atomic E-state index is 12.9. The minimum absolute atomic E-state index is 0.233. The molecule has 2 aromatic carbocycles. The first-order valence-electron chi connectivity index (χ1n) is 9.60.